The number of carbonyl (C=O) groups is 2. The van der Waals surface area contributed by atoms with Crippen molar-refractivity contribution in [3.63, 3.8) is 0 Å². The van der Waals surface area contributed by atoms with Crippen molar-refractivity contribution in [1.29, 1.82) is 0 Å². The third-order valence-electron chi connectivity index (χ3n) is 3.92. The van der Waals surface area contributed by atoms with Crippen LogP contribution in [0.4, 0.5) is 0 Å². The van der Waals surface area contributed by atoms with Crippen LogP contribution in [0.25, 0.3) is 0 Å². The zero-order chi connectivity index (χ0) is 15.9. The van der Waals surface area contributed by atoms with E-state index in [-0.39, 0.29) is 18.4 Å². The normalized spacial score (nSPS) is 15.5. The van der Waals surface area contributed by atoms with E-state index < -0.39 is 0 Å². The maximum absolute atomic E-state index is 12.1. The van der Waals surface area contributed by atoms with Crippen LogP contribution < -0.4 is 10.1 Å². The molecule has 0 bridgehead atoms. The highest BCUT2D eigenvalue weighted by molar-refractivity contribution is 5.98. The maximum atomic E-state index is 12.1. The van der Waals surface area contributed by atoms with Gasteiger partial charge in [0.2, 0.25) is 5.91 Å². The van der Waals surface area contributed by atoms with E-state index in [1.165, 1.54) is 7.11 Å². The summed E-state index contributed by atoms with van der Waals surface area (Å²) in [5.41, 5.74) is 0.439. The lowest BCUT2D eigenvalue weighted by Gasteiger charge is -2.34. The van der Waals surface area contributed by atoms with Crippen LogP contribution in [0, 0.1) is 0 Å². The Morgan fingerprint density at radius 3 is 2.50 bits per heavy atom. The number of benzene rings is 1. The Balaban J connectivity index is 1.85. The Labute approximate surface area is 131 Å². The Morgan fingerprint density at radius 2 is 1.86 bits per heavy atom. The number of hydrogen-bond donors (Lipinski definition) is 1. The predicted molar refractivity (Wildman–Crippen MR) is 84.0 cm³/mol. The molecule has 1 aliphatic heterocycles. The molecule has 1 N–H and O–H groups in total. The third kappa shape index (κ3) is 3.98. The molecule has 1 aromatic rings. The SMILES string of the molecule is CCN1CCN(C(=O)CNC(=O)c2ccccc2OC)CC1. The van der Waals surface area contributed by atoms with E-state index >= 15 is 0 Å². The molecule has 1 aromatic carbocycles. The van der Waals surface area contributed by atoms with Crippen LogP contribution in [-0.2, 0) is 4.79 Å². The number of methoxy groups -OCH3 is 1. The summed E-state index contributed by atoms with van der Waals surface area (Å²) in [6.45, 7) is 6.36. The van der Waals surface area contributed by atoms with Gasteiger partial charge in [0.25, 0.3) is 5.91 Å². The fraction of sp³-hybridized carbons (Fsp3) is 0.500. The minimum Gasteiger partial charge on any atom is -0.496 e. The zero-order valence-electron chi connectivity index (χ0n) is 13.2. The number of carbonyl (C=O) groups excluding carboxylic acids is 2. The molecular formula is C16H23N3O3. The number of ether oxygens (including phenoxy) is 1. The van der Waals surface area contributed by atoms with Crippen LogP contribution in [0.5, 0.6) is 5.75 Å². The van der Waals surface area contributed by atoms with Crippen LogP contribution in [0.2, 0.25) is 0 Å². The topological polar surface area (TPSA) is 61.9 Å². The van der Waals surface area contributed by atoms with Gasteiger partial charge in [0.05, 0.1) is 19.2 Å². The van der Waals surface area contributed by atoms with Gasteiger partial charge in [-0.05, 0) is 18.7 Å². The number of para-hydroxylation sites is 1. The number of nitrogens with one attached hydrogen (secondary N) is 1. The van der Waals surface area contributed by atoms with Crippen LogP contribution in [0.15, 0.2) is 24.3 Å². The molecule has 120 valence electrons. The summed E-state index contributed by atoms with van der Waals surface area (Å²) in [4.78, 5) is 28.4. The molecule has 1 aliphatic rings. The summed E-state index contributed by atoms with van der Waals surface area (Å²) in [6, 6.07) is 6.97. The molecule has 0 aromatic heterocycles. The van der Waals surface area contributed by atoms with Gasteiger partial charge in [0, 0.05) is 26.2 Å². The van der Waals surface area contributed by atoms with E-state index in [2.05, 4.69) is 17.1 Å². The van der Waals surface area contributed by atoms with Gasteiger partial charge in [-0.15, -0.1) is 0 Å². The van der Waals surface area contributed by atoms with E-state index in [1.807, 2.05) is 0 Å². The van der Waals surface area contributed by atoms with Crippen molar-refractivity contribution in [2.24, 2.45) is 0 Å². The first-order valence-corrected chi connectivity index (χ1v) is 7.57. The molecule has 0 unspecified atom stereocenters. The van der Waals surface area contributed by atoms with Gasteiger partial charge >= 0.3 is 0 Å². The molecule has 0 saturated carbocycles. The summed E-state index contributed by atoms with van der Waals surface area (Å²) in [5.74, 6) is 0.168. The van der Waals surface area contributed by atoms with Crippen molar-refractivity contribution in [2.75, 3.05) is 46.4 Å². The van der Waals surface area contributed by atoms with Gasteiger partial charge in [-0.25, -0.2) is 0 Å². The van der Waals surface area contributed by atoms with Crippen molar-refractivity contribution < 1.29 is 14.3 Å². The Kier molecular flexibility index (Phi) is 5.77. The number of piperazine rings is 1. The smallest absolute Gasteiger partial charge is 0.255 e. The molecule has 1 fully saturated rings. The third-order valence-corrected chi connectivity index (χ3v) is 3.92. The van der Waals surface area contributed by atoms with Gasteiger partial charge in [-0.1, -0.05) is 19.1 Å². The molecule has 2 rings (SSSR count). The minimum absolute atomic E-state index is 0.0169. The van der Waals surface area contributed by atoms with Gasteiger partial charge in [-0.2, -0.15) is 0 Å². The van der Waals surface area contributed by atoms with Crippen molar-refractivity contribution in [3.05, 3.63) is 29.8 Å². The zero-order valence-corrected chi connectivity index (χ0v) is 13.2. The molecule has 6 heteroatoms. The molecular weight excluding hydrogens is 282 g/mol. The summed E-state index contributed by atoms with van der Waals surface area (Å²) in [7, 11) is 1.52. The quantitative estimate of drug-likeness (QED) is 0.865. The van der Waals surface area contributed by atoms with Gasteiger partial charge in [0.1, 0.15) is 5.75 Å². The van der Waals surface area contributed by atoms with E-state index in [0.29, 0.717) is 11.3 Å². The van der Waals surface area contributed by atoms with Crippen LogP contribution in [-0.4, -0.2) is 68.0 Å². The number of likely N-dealkylation sites (N-methyl/N-ethyl adjacent to an activating group) is 1. The molecule has 1 heterocycles. The summed E-state index contributed by atoms with van der Waals surface area (Å²) >= 11 is 0. The Morgan fingerprint density at radius 1 is 1.18 bits per heavy atom. The lowest BCUT2D eigenvalue weighted by atomic mass is 10.2. The van der Waals surface area contributed by atoms with E-state index in [0.717, 1.165) is 32.7 Å². The number of hydrogen-bond acceptors (Lipinski definition) is 4. The molecule has 6 nitrogen and oxygen atoms in total. The second-order valence-corrected chi connectivity index (χ2v) is 5.20. The molecule has 2 amide bonds. The summed E-state index contributed by atoms with van der Waals surface area (Å²) in [5, 5.41) is 2.67. The lowest BCUT2D eigenvalue weighted by Crippen LogP contribution is -2.51. The first-order valence-electron chi connectivity index (χ1n) is 7.57. The summed E-state index contributed by atoms with van der Waals surface area (Å²) < 4.78 is 5.15. The molecule has 0 atom stereocenters. The van der Waals surface area contributed by atoms with E-state index in [1.54, 1.807) is 29.2 Å². The Bertz CT molecular complexity index is 525. The second-order valence-electron chi connectivity index (χ2n) is 5.20. The molecule has 1 saturated heterocycles. The Hall–Kier alpha value is -2.08. The highest BCUT2D eigenvalue weighted by atomic mass is 16.5. The average Bonchev–Trinajstić information content (AvgIpc) is 2.59. The fourth-order valence-electron chi connectivity index (χ4n) is 2.51. The van der Waals surface area contributed by atoms with Crippen molar-refractivity contribution in [2.45, 2.75) is 6.92 Å². The first-order chi connectivity index (χ1) is 10.7. The predicted octanol–water partition coefficient (Wildman–Crippen LogP) is 0.589. The van der Waals surface area contributed by atoms with Crippen LogP contribution >= 0.6 is 0 Å². The van der Waals surface area contributed by atoms with Gasteiger partial charge in [0.15, 0.2) is 0 Å². The standard InChI is InChI=1S/C16H23N3O3/c1-3-18-8-10-19(11-9-18)15(20)12-17-16(21)13-6-4-5-7-14(13)22-2/h4-7H,3,8-12H2,1-2H3,(H,17,21). The van der Waals surface area contributed by atoms with Crippen molar-refractivity contribution in [3.8, 4) is 5.75 Å². The largest absolute Gasteiger partial charge is 0.496 e. The highest BCUT2D eigenvalue weighted by Crippen LogP contribution is 2.16. The lowest BCUT2D eigenvalue weighted by molar-refractivity contribution is -0.131. The van der Waals surface area contributed by atoms with Crippen LogP contribution in [0.1, 0.15) is 17.3 Å². The van der Waals surface area contributed by atoms with Crippen molar-refractivity contribution in [1.82, 2.24) is 15.1 Å². The van der Waals surface area contributed by atoms with Crippen LogP contribution in [0.3, 0.4) is 0 Å². The number of rotatable bonds is 5. The fourth-order valence-corrected chi connectivity index (χ4v) is 2.51. The van der Waals surface area contributed by atoms with Crippen molar-refractivity contribution >= 4 is 11.8 Å². The molecule has 0 spiro atoms. The van der Waals surface area contributed by atoms with E-state index in [9.17, 15) is 9.59 Å². The molecule has 22 heavy (non-hydrogen) atoms. The number of nitrogens with zero attached hydrogens (tertiary/aromatic N) is 2. The molecule has 0 aliphatic carbocycles. The summed E-state index contributed by atoms with van der Waals surface area (Å²) in [6.07, 6.45) is 0. The first kappa shape index (κ1) is 16.3. The highest BCUT2D eigenvalue weighted by Gasteiger charge is 2.21. The van der Waals surface area contributed by atoms with E-state index in [4.69, 9.17) is 4.74 Å². The average molecular weight is 305 g/mol. The van der Waals surface area contributed by atoms with Gasteiger partial charge < -0.3 is 19.9 Å². The van der Waals surface area contributed by atoms with Gasteiger partial charge in [-0.3, -0.25) is 9.59 Å². The monoisotopic (exact) mass is 305 g/mol. The molecule has 0 radical (unpaired) electrons. The maximum Gasteiger partial charge on any atom is 0.255 e. The number of amides is 2. The minimum atomic E-state index is -0.294. The second kappa shape index (κ2) is 7.79.